The predicted octanol–water partition coefficient (Wildman–Crippen LogP) is 3.08. The van der Waals surface area contributed by atoms with Gasteiger partial charge in [-0.1, -0.05) is 13.0 Å². The van der Waals surface area contributed by atoms with Crippen LogP contribution < -0.4 is 10.1 Å². The summed E-state index contributed by atoms with van der Waals surface area (Å²) < 4.78 is 21.5. The van der Waals surface area contributed by atoms with Crippen LogP contribution >= 0.6 is 0 Å². The van der Waals surface area contributed by atoms with E-state index in [1.165, 1.54) is 6.07 Å². The Bertz CT molecular complexity index is 583. The molecule has 0 amide bonds. The van der Waals surface area contributed by atoms with E-state index in [1.54, 1.807) is 12.3 Å². The van der Waals surface area contributed by atoms with E-state index in [-0.39, 0.29) is 11.9 Å². The molecule has 114 valence electrons. The van der Waals surface area contributed by atoms with Crippen molar-refractivity contribution in [3.8, 4) is 5.75 Å². The summed E-state index contributed by atoms with van der Waals surface area (Å²) in [5, 5.41) is 3.26. The highest BCUT2D eigenvalue weighted by Crippen LogP contribution is 2.22. The fourth-order valence-electron chi connectivity index (χ4n) is 2.22. The molecule has 0 aliphatic carbocycles. The zero-order chi connectivity index (χ0) is 15.2. The van der Waals surface area contributed by atoms with Crippen molar-refractivity contribution < 1.29 is 9.13 Å². The van der Waals surface area contributed by atoms with Gasteiger partial charge >= 0.3 is 0 Å². The number of benzene rings is 1. The number of ether oxygens (including phenoxy) is 1. The molecule has 1 aromatic carbocycles. The topological polar surface area (TPSA) is 39.1 Å². The first-order valence-electron chi connectivity index (χ1n) is 7.25. The van der Waals surface area contributed by atoms with Crippen molar-refractivity contribution in [3.63, 3.8) is 0 Å². The molecule has 0 spiro atoms. The fraction of sp³-hybridized carbons (Fsp3) is 0.438. The van der Waals surface area contributed by atoms with Gasteiger partial charge in [0.1, 0.15) is 12.4 Å². The number of rotatable bonds is 7. The third kappa shape index (κ3) is 4.04. The quantitative estimate of drug-likeness (QED) is 0.852. The van der Waals surface area contributed by atoms with Crippen LogP contribution in [0.3, 0.4) is 0 Å². The van der Waals surface area contributed by atoms with Gasteiger partial charge in [-0.05, 0) is 38.1 Å². The Morgan fingerprint density at radius 3 is 2.86 bits per heavy atom. The molecule has 2 aromatic rings. The van der Waals surface area contributed by atoms with Crippen LogP contribution in [0.5, 0.6) is 5.75 Å². The monoisotopic (exact) mass is 291 g/mol. The summed E-state index contributed by atoms with van der Waals surface area (Å²) in [6.07, 6.45) is 3.63. The van der Waals surface area contributed by atoms with Crippen LogP contribution in [0.25, 0.3) is 0 Å². The Labute approximate surface area is 125 Å². The number of aromatic nitrogens is 2. The zero-order valence-corrected chi connectivity index (χ0v) is 12.8. The van der Waals surface area contributed by atoms with Gasteiger partial charge in [0.25, 0.3) is 0 Å². The summed E-state index contributed by atoms with van der Waals surface area (Å²) in [6, 6.07) is 5.26. The molecule has 1 aromatic heterocycles. The number of halogens is 1. The third-order valence-electron chi connectivity index (χ3n) is 3.48. The molecular weight excluding hydrogens is 269 g/mol. The van der Waals surface area contributed by atoms with Crippen LogP contribution in [0.2, 0.25) is 0 Å². The van der Waals surface area contributed by atoms with E-state index in [2.05, 4.69) is 10.3 Å². The lowest BCUT2D eigenvalue weighted by molar-refractivity contribution is 0.283. The lowest BCUT2D eigenvalue weighted by atomic mass is 10.1. The van der Waals surface area contributed by atoms with E-state index < -0.39 is 0 Å². The largest absolute Gasteiger partial charge is 0.489 e. The van der Waals surface area contributed by atoms with Crippen molar-refractivity contribution in [2.75, 3.05) is 13.2 Å². The van der Waals surface area contributed by atoms with E-state index in [1.807, 2.05) is 37.6 Å². The molecule has 0 radical (unpaired) electrons. The number of aryl methyl sites for hydroxylation is 1. The first kappa shape index (κ1) is 15.5. The summed E-state index contributed by atoms with van der Waals surface area (Å²) in [4.78, 5) is 4.13. The molecule has 0 aliphatic rings. The number of hydrogen-bond acceptors (Lipinski definition) is 3. The Kier molecular flexibility index (Phi) is 5.33. The van der Waals surface area contributed by atoms with Crippen LogP contribution in [0.15, 0.2) is 30.6 Å². The Morgan fingerprint density at radius 1 is 1.43 bits per heavy atom. The summed E-state index contributed by atoms with van der Waals surface area (Å²) in [5.41, 5.74) is 0.923. The Balaban J connectivity index is 1.93. The van der Waals surface area contributed by atoms with Crippen molar-refractivity contribution in [2.45, 2.75) is 33.4 Å². The van der Waals surface area contributed by atoms with Gasteiger partial charge in [-0.15, -0.1) is 0 Å². The van der Waals surface area contributed by atoms with E-state index in [4.69, 9.17) is 4.74 Å². The molecule has 21 heavy (non-hydrogen) atoms. The van der Waals surface area contributed by atoms with Gasteiger partial charge in [0.15, 0.2) is 11.6 Å². The maximum Gasteiger partial charge on any atom is 0.165 e. The second kappa shape index (κ2) is 7.22. The van der Waals surface area contributed by atoms with Crippen LogP contribution in [0.4, 0.5) is 4.39 Å². The summed E-state index contributed by atoms with van der Waals surface area (Å²) >= 11 is 0. The van der Waals surface area contributed by atoms with Crippen LogP contribution in [-0.4, -0.2) is 22.7 Å². The van der Waals surface area contributed by atoms with Gasteiger partial charge in [0, 0.05) is 18.4 Å². The molecule has 4 nitrogen and oxygen atoms in total. The minimum atomic E-state index is -0.320. The van der Waals surface area contributed by atoms with E-state index >= 15 is 0 Å². The fourth-order valence-corrected chi connectivity index (χ4v) is 2.22. The summed E-state index contributed by atoms with van der Waals surface area (Å²) in [7, 11) is 0. The average Bonchev–Trinajstić information content (AvgIpc) is 2.86. The normalized spacial score (nSPS) is 12.4. The van der Waals surface area contributed by atoms with Crippen molar-refractivity contribution in [3.05, 3.63) is 47.8 Å². The molecule has 1 N–H and O–H groups in total. The van der Waals surface area contributed by atoms with Crippen LogP contribution in [0, 0.1) is 12.7 Å². The van der Waals surface area contributed by atoms with Crippen LogP contribution in [0.1, 0.15) is 31.3 Å². The van der Waals surface area contributed by atoms with E-state index in [0.29, 0.717) is 18.9 Å². The Hall–Kier alpha value is -1.88. The SMILES string of the molecule is CCNC(C)c1ccc(OCCn2ccnc2C)c(F)c1. The van der Waals surface area contributed by atoms with Gasteiger partial charge in [0.05, 0.1) is 6.54 Å². The maximum atomic E-state index is 14.0. The molecule has 1 heterocycles. The summed E-state index contributed by atoms with van der Waals surface area (Å²) in [6.45, 7) is 7.89. The molecular formula is C16H22FN3O. The number of imidazole rings is 1. The van der Waals surface area contributed by atoms with Gasteiger partial charge in [0.2, 0.25) is 0 Å². The average molecular weight is 291 g/mol. The molecule has 0 bridgehead atoms. The van der Waals surface area contributed by atoms with Gasteiger partial charge in [-0.3, -0.25) is 0 Å². The molecule has 5 heteroatoms. The highest BCUT2D eigenvalue weighted by Gasteiger charge is 2.09. The zero-order valence-electron chi connectivity index (χ0n) is 12.8. The van der Waals surface area contributed by atoms with E-state index in [0.717, 1.165) is 17.9 Å². The second-order valence-corrected chi connectivity index (χ2v) is 4.99. The molecule has 1 unspecified atom stereocenters. The molecule has 1 atom stereocenters. The second-order valence-electron chi connectivity index (χ2n) is 4.99. The molecule has 2 rings (SSSR count). The first-order chi connectivity index (χ1) is 10.1. The Morgan fingerprint density at radius 2 is 2.24 bits per heavy atom. The maximum absolute atomic E-state index is 14.0. The van der Waals surface area contributed by atoms with Crippen molar-refractivity contribution in [2.24, 2.45) is 0 Å². The standard InChI is InChI=1S/C16H22FN3O/c1-4-18-12(2)14-5-6-16(15(17)11-14)21-10-9-20-8-7-19-13(20)3/h5-8,11-12,18H,4,9-10H2,1-3H3. The minimum Gasteiger partial charge on any atom is -0.489 e. The van der Waals surface area contributed by atoms with Gasteiger partial charge < -0.3 is 14.6 Å². The minimum absolute atomic E-state index is 0.132. The molecule has 0 aliphatic heterocycles. The number of nitrogens with one attached hydrogen (secondary N) is 1. The predicted molar refractivity (Wildman–Crippen MR) is 81.0 cm³/mol. The first-order valence-corrected chi connectivity index (χ1v) is 7.25. The van der Waals surface area contributed by atoms with Gasteiger partial charge in [-0.2, -0.15) is 0 Å². The van der Waals surface area contributed by atoms with Gasteiger partial charge in [-0.25, -0.2) is 9.37 Å². The third-order valence-corrected chi connectivity index (χ3v) is 3.48. The van der Waals surface area contributed by atoms with Crippen LogP contribution in [-0.2, 0) is 6.54 Å². The molecule has 0 saturated heterocycles. The molecule has 0 saturated carbocycles. The number of hydrogen-bond donors (Lipinski definition) is 1. The highest BCUT2D eigenvalue weighted by atomic mass is 19.1. The lowest BCUT2D eigenvalue weighted by Gasteiger charge is -2.14. The smallest absolute Gasteiger partial charge is 0.165 e. The highest BCUT2D eigenvalue weighted by molar-refractivity contribution is 5.30. The van der Waals surface area contributed by atoms with E-state index in [9.17, 15) is 4.39 Å². The van der Waals surface area contributed by atoms with Crippen molar-refractivity contribution in [1.82, 2.24) is 14.9 Å². The lowest BCUT2D eigenvalue weighted by Crippen LogP contribution is -2.17. The molecule has 0 fully saturated rings. The number of nitrogens with zero attached hydrogens (tertiary/aromatic N) is 2. The summed E-state index contributed by atoms with van der Waals surface area (Å²) in [5.74, 6) is 0.897. The van der Waals surface area contributed by atoms with Crippen molar-refractivity contribution >= 4 is 0 Å². The van der Waals surface area contributed by atoms with Crippen molar-refractivity contribution in [1.29, 1.82) is 0 Å².